The van der Waals surface area contributed by atoms with E-state index in [4.69, 9.17) is 0 Å². The standard InChI is InChI=1S/C11H13FN2OS/c1-16-11(3-4-11)7-14-10(15)8-2-5-13-6-9(8)12/h2,5-6H,3-4,7H2,1H3,(H,14,15). The highest BCUT2D eigenvalue weighted by molar-refractivity contribution is 8.00. The van der Waals surface area contributed by atoms with Gasteiger partial charge in [0.25, 0.3) is 5.91 Å². The number of aromatic nitrogens is 1. The number of halogens is 1. The third-order valence-corrected chi connectivity index (χ3v) is 4.25. The molecular weight excluding hydrogens is 227 g/mol. The van der Waals surface area contributed by atoms with E-state index >= 15 is 0 Å². The second-order valence-corrected chi connectivity index (χ2v) is 5.20. The van der Waals surface area contributed by atoms with Crippen molar-refractivity contribution in [1.82, 2.24) is 10.3 Å². The van der Waals surface area contributed by atoms with Gasteiger partial charge in [-0.05, 0) is 25.2 Å². The molecule has 0 radical (unpaired) electrons. The largest absolute Gasteiger partial charge is 0.351 e. The lowest BCUT2D eigenvalue weighted by Gasteiger charge is -2.13. The van der Waals surface area contributed by atoms with E-state index < -0.39 is 5.82 Å². The Morgan fingerprint density at radius 1 is 1.69 bits per heavy atom. The topological polar surface area (TPSA) is 42.0 Å². The van der Waals surface area contributed by atoms with Crippen LogP contribution in [0.5, 0.6) is 0 Å². The van der Waals surface area contributed by atoms with E-state index in [1.54, 1.807) is 11.8 Å². The zero-order valence-electron chi connectivity index (χ0n) is 9.00. The number of nitrogens with zero attached hydrogens (tertiary/aromatic N) is 1. The molecular formula is C11H13FN2OS. The average Bonchev–Trinajstić information content (AvgIpc) is 3.07. The monoisotopic (exact) mass is 240 g/mol. The Balaban J connectivity index is 1.96. The maximum atomic E-state index is 13.2. The third kappa shape index (κ3) is 2.35. The molecule has 1 aliphatic rings. The van der Waals surface area contributed by atoms with Crippen LogP contribution >= 0.6 is 11.8 Å². The molecule has 0 spiro atoms. The number of amides is 1. The molecule has 2 rings (SSSR count). The smallest absolute Gasteiger partial charge is 0.254 e. The summed E-state index contributed by atoms with van der Waals surface area (Å²) in [6.07, 6.45) is 6.74. The summed E-state index contributed by atoms with van der Waals surface area (Å²) in [6, 6.07) is 1.39. The number of carbonyl (C=O) groups is 1. The predicted octanol–water partition coefficient (Wildman–Crippen LogP) is 1.85. The first-order chi connectivity index (χ1) is 7.67. The number of hydrogen-bond donors (Lipinski definition) is 1. The van der Waals surface area contributed by atoms with Crippen LogP contribution in [0.2, 0.25) is 0 Å². The van der Waals surface area contributed by atoms with Gasteiger partial charge in [-0.25, -0.2) is 4.39 Å². The summed E-state index contributed by atoms with van der Waals surface area (Å²) in [5.41, 5.74) is 0.0619. The summed E-state index contributed by atoms with van der Waals surface area (Å²) >= 11 is 1.76. The van der Waals surface area contributed by atoms with Gasteiger partial charge >= 0.3 is 0 Å². The first kappa shape index (κ1) is 11.4. The van der Waals surface area contributed by atoms with Crippen molar-refractivity contribution in [3.8, 4) is 0 Å². The van der Waals surface area contributed by atoms with Crippen molar-refractivity contribution in [3.63, 3.8) is 0 Å². The molecule has 0 saturated heterocycles. The molecule has 1 aliphatic carbocycles. The maximum absolute atomic E-state index is 13.2. The SMILES string of the molecule is CSC1(CNC(=O)c2ccncc2F)CC1. The molecule has 3 nitrogen and oxygen atoms in total. The second-order valence-electron chi connectivity index (χ2n) is 3.93. The minimum atomic E-state index is -0.575. The Hall–Kier alpha value is -1.10. The fraction of sp³-hybridized carbons (Fsp3) is 0.455. The summed E-state index contributed by atoms with van der Waals surface area (Å²) in [5.74, 6) is -0.936. The van der Waals surface area contributed by atoms with Gasteiger partial charge in [0.1, 0.15) is 0 Å². The molecule has 1 N–H and O–H groups in total. The number of hydrogen-bond acceptors (Lipinski definition) is 3. The van der Waals surface area contributed by atoms with Crippen molar-refractivity contribution in [2.75, 3.05) is 12.8 Å². The van der Waals surface area contributed by atoms with Crippen LogP contribution < -0.4 is 5.32 Å². The summed E-state index contributed by atoms with van der Waals surface area (Å²) in [5, 5.41) is 2.77. The van der Waals surface area contributed by atoms with Crippen molar-refractivity contribution in [2.45, 2.75) is 17.6 Å². The third-order valence-electron chi connectivity index (χ3n) is 2.83. The number of rotatable bonds is 4. The van der Waals surface area contributed by atoms with E-state index in [1.807, 2.05) is 6.26 Å². The van der Waals surface area contributed by atoms with Gasteiger partial charge < -0.3 is 5.32 Å². The van der Waals surface area contributed by atoms with Crippen LogP contribution in [-0.2, 0) is 0 Å². The van der Waals surface area contributed by atoms with E-state index in [0.717, 1.165) is 19.0 Å². The summed E-state index contributed by atoms with van der Waals surface area (Å²) in [6.45, 7) is 0.606. The minimum absolute atomic E-state index is 0.0619. The Kier molecular flexibility index (Phi) is 3.14. The van der Waals surface area contributed by atoms with E-state index in [1.165, 1.54) is 12.3 Å². The fourth-order valence-corrected chi connectivity index (χ4v) is 2.22. The molecule has 0 bridgehead atoms. The molecule has 5 heteroatoms. The van der Waals surface area contributed by atoms with Crippen LogP contribution in [0.4, 0.5) is 4.39 Å². The first-order valence-corrected chi connectivity index (χ1v) is 6.32. The molecule has 86 valence electrons. The normalized spacial score (nSPS) is 16.9. The van der Waals surface area contributed by atoms with E-state index in [0.29, 0.717) is 6.54 Å². The Morgan fingerprint density at radius 2 is 2.44 bits per heavy atom. The molecule has 0 atom stereocenters. The maximum Gasteiger partial charge on any atom is 0.254 e. The summed E-state index contributed by atoms with van der Waals surface area (Å²) < 4.78 is 13.4. The van der Waals surface area contributed by atoms with Crippen molar-refractivity contribution in [3.05, 3.63) is 29.8 Å². The lowest BCUT2D eigenvalue weighted by Crippen LogP contribution is -2.32. The molecule has 1 aromatic rings. The van der Waals surface area contributed by atoms with Crippen LogP contribution in [0.1, 0.15) is 23.2 Å². The molecule has 1 heterocycles. The van der Waals surface area contributed by atoms with Crippen molar-refractivity contribution < 1.29 is 9.18 Å². The van der Waals surface area contributed by atoms with Gasteiger partial charge in [0.15, 0.2) is 5.82 Å². The highest BCUT2D eigenvalue weighted by atomic mass is 32.2. The van der Waals surface area contributed by atoms with Crippen LogP contribution in [-0.4, -0.2) is 28.4 Å². The Morgan fingerprint density at radius 3 is 3.00 bits per heavy atom. The minimum Gasteiger partial charge on any atom is -0.351 e. The van der Waals surface area contributed by atoms with Gasteiger partial charge in [-0.1, -0.05) is 0 Å². The van der Waals surface area contributed by atoms with Crippen LogP contribution in [0.3, 0.4) is 0 Å². The van der Waals surface area contributed by atoms with Gasteiger partial charge in [0, 0.05) is 17.5 Å². The quantitative estimate of drug-likeness (QED) is 0.873. The molecule has 1 saturated carbocycles. The van der Waals surface area contributed by atoms with Gasteiger partial charge in [-0.3, -0.25) is 9.78 Å². The number of nitrogens with one attached hydrogen (secondary N) is 1. The molecule has 1 amide bonds. The van der Waals surface area contributed by atoms with E-state index in [9.17, 15) is 9.18 Å². The van der Waals surface area contributed by atoms with Gasteiger partial charge in [-0.2, -0.15) is 11.8 Å². The Labute approximate surface area is 97.8 Å². The lowest BCUT2D eigenvalue weighted by molar-refractivity contribution is 0.0949. The van der Waals surface area contributed by atoms with Gasteiger partial charge in [0.2, 0.25) is 0 Å². The van der Waals surface area contributed by atoms with E-state index in [2.05, 4.69) is 10.3 Å². The zero-order valence-corrected chi connectivity index (χ0v) is 9.81. The predicted molar refractivity (Wildman–Crippen MR) is 62.0 cm³/mol. The number of thioether (sulfide) groups is 1. The fourth-order valence-electron chi connectivity index (χ4n) is 1.49. The van der Waals surface area contributed by atoms with Crippen LogP contribution in [0.15, 0.2) is 18.5 Å². The average molecular weight is 240 g/mol. The zero-order chi connectivity index (χ0) is 11.6. The highest BCUT2D eigenvalue weighted by Gasteiger charge is 2.42. The molecule has 0 aliphatic heterocycles. The lowest BCUT2D eigenvalue weighted by atomic mass is 10.2. The van der Waals surface area contributed by atoms with Crippen molar-refractivity contribution >= 4 is 17.7 Å². The number of pyridine rings is 1. The summed E-state index contributed by atoms with van der Waals surface area (Å²) in [4.78, 5) is 15.3. The molecule has 1 aromatic heterocycles. The number of carbonyl (C=O) groups excluding carboxylic acids is 1. The first-order valence-electron chi connectivity index (χ1n) is 5.10. The van der Waals surface area contributed by atoms with Crippen molar-refractivity contribution in [2.24, 2.45) is 0 Å². The van der Waals surface area contributed by atoms with E-state index in [-0.39, 0.29) is 16.2 Å². The molecule has 1 fully saturated rings. The van der Waals surface area contributed by atoms with Crippen molar-refractivity contribution in [1.29, 1.82) is 0 Å². The summed E-state index contributed by atoms with van der Waals surface area (Å²) in [7, 11) is 0. The van der Waals surface area contributed by atoms with Crippen LogP contribution in [0, 0.1) is 5.82 Å². The van der Waals surface area contributed by atoms with Gasteiger partial charge in [-0.15, -0.1) is 0 Å². The molecule has 16 heavy (non-hydrogen) atoms. The molecule has 0 unspecified atom stereocenters. The highest BCUT2D eigenvalue weighted by Crippen LogP contribution is 2.46. The van der Waals surface area contributed by atoms with Crippen LogP contribution in [0.25, 0.3) is 0 Å². The Bertz CT molecular complexity index is 407. The molecule has 0 aromatic carbocycles. The van der Waals surface area contributed by atoms with Gasteiger partial charge in [0.05, 0.1) is 11.8 Å². The second kappa shape index (κ2) is 4.41.